The van der Waals surface area contributed by atoms with Crippen LogP contribution in [0.15, 0.2) is 30.5 Å². The van der Waals surface area contributed by atoms with Crippen LogP contribution in [0.2, 0.25) is 0 Å². The molecule has 0 saturated heterocycles. The molecule has 0 fully saturated rings. The van der Waals surface area contributed by atoms with Crippen LogP contribution in [0.1, 0.15) is 0 Å². The second-order valence-corrected chi connectivity index (χ2v) is 5.45. The number of alkyl halides is 1. The van der Waals surface area contributed by atoms with Crippen molar-refractivity contribution in [2.45, 2.75) is 4.83 Å². The molecule has 0 aliphatic heterocycles. The van der Waals surface area contributed by atoms with E-state index in [1.165, 1.54) is 0 Å². The van der Waals surface area contributed by atoms with Crippen molar-refractivity contribution in [3.63, 3.8) is 0 Å². The first-order valence-electron chi connectivity index (χ1n) is 5.76. The summed E-state index contributed by atoms with van der Waals surface area (Å²) >= 11 is 3.57. The van der Waals surface area contributed by atoms with Crippen molar-refractivity contribution >= 4 is 32.8 Å². The summed E-state index contributed by atoms with van der Waals surface area (Å²) in [5, 5.41) is 0. The normalized spacial score (nSPS) is 12.6. The summed E-state index contributed by atoms with van der Waals surface area (Å²) < 4.78 is 5.10. The van der Waals surface area contributed by atoms with E-state index in [9.17, 15) is 0 Å². The molecular weight excluding hydrogens is 294 g/mol. The Morgan fingerprint density at radius 1 is 1.33 bits per heavy atom. The third kappa shape index (κ3) is 3.17. The third-order valence-electron chi connectivity index (χ3n) is 2.65. The van der Waals surface area contributed by atoms with Crippen molar-refractivity contribution in [2.75, 3.05) is 32.2 Å². The van der Waals surface area contributed by atoms with Crippen LogP contribution in [0.3, 0.4) is 0 Å². The topological polar surface area (TPSA) is 38.2 Å². The molecule has 0 saturated carbocycles. The maximum absolute atomic E-state index is 5.10. The summed E-state index contributed by atoms with van der Waals surface area (Å²) in [4.78, 5) is 11.3. The molecule has 18 heavy (non-hydrogen) atoms. The minimum absolute atomic E-state index is 0.278. The van der Waals surface area contributed by atoms with E-state index in [1.54, 1.807) is 13.3 Å². The summed E-state index contributed by atoms with van der Waals surface area (Å²) in [5.74, 6) is 0.870. The Balaban J connectivity index is 2.15. The van der Waals surface area contributed by atoms with Gasteiger partial charge in [-0.2, -0.15) is 0 Å². The lowest BCUT2D eigenvalue weighted by molar-refractivity contribution is 0.201. The highest BCUT2D eigenvalue weighted by Crippen LogP contribution is 2.15. The molecular formula is C13H16BrN3O. The fourth-order valence-corrected chi connectivity index (χ4v) is 2.45. The lowest BCUT2D eigenvalue weighted by Gasteiger charge is -2.21. The van der Waals surface area contributed by atoms with Crippen molar-refractivity contribution in [1.82, 2.24) is 9.97 Å². The number of methoxy groups -OCH3 is 1. The second kappa shape index (κ2) is 6.11. The molecule has 0 aliphatic rings. The van der Waals surface area contributed by atoms with Gasteiger partial charge < -0.3 is 9.64 Å². The first-order valence-corrected chi connectivity index (χ1v) is 6.68. The van der Waals surface area contributed by atoms with E-state index in [0.717, 1.165) is 23.4 Å². The van der Waals surface area contributed by atoms with Gasteiger partial charge in [-0.15, -0.1) is 0 Å². The van der Waals surface area contributed by atoms with Crippen LogP contribution in [0.5, 0.6) is 0 Å². The van der Waals surface area contributed by atoms with Crippen molar-refractivity contribution < 1.29 is 4.74 Å². The quantitative estimate of drug-likeness (QED) is 0.795. The van der Waals surface area contributed by atoms with Gasteiger partial charge in [-0.1, -0.05) is 28.1 Å². The van der Waals surface area contributed by atoms with Gasteiger partial charge >= 0.3 is 0 Å². The Morgan fingerprint density at radius 2 is 2.06 bits per heavy atom. The molecule has 1 atom stereocenters. The largest absolute Gasteiger partial charge is 0.383 e. The molecule has 0 N–H and O–H groups in total. The molecule has 1 aromatic carbocycles. The predicted octanol–water partition coefficient (Wildman–Crippen LogP) is 2.48. The van der Waals surface area contributed by atoms with Gasteiger partial charge in [-0.25, -0.2) is 4.98 Å². The van der Waals surface area contributed by atoms with E-state index in [2.05, 4.69) is 30.8 Å². The highest BCUT2D eigenvalue weighted by molar-refractivity contribution is 9.09. The van der Waals surface area contributed by atoms with Gasteiger partial charge in [0.25, 0.3) is 0 Å². The van der Waals surface area contributed by atoms with Crippen LogP contribution in [-0.4, -0.2) is 42.1 Å². The number of anilines is 1. The van der Waals surface area contributed by atoms with E-state index in [0.29, 0.717) is 6.61 Å². The maximum Gasteiger partial charge on any atom is 0.147 e. The van der Waals surface area contributed by atoms with Gasteiger partial charge in [0, 0.05) is 20.7 Å². The molecule has 0 aliphatic carbocycles. The summed E-state index contributed by atoms with van der Waals surface area (Å²) in [7, 11) is 3.70. The van der Waals surface area contributed by atoms with Crippen molar-refractivity contribution in [3.05, 3.63) is 30.5 Å². The zero-order valence-electron chi connectivity index (χ0n) is 10.5. The highest BCUT2D eigenvalue weighted by atomic mass is 79.9. The number of benzene rings is 1. The molecule has 1 unspecified atom stereocenters. The van der Waals surface area contributed by atoms with E-state index >= 15 is 0 Å². The lowest BCUT2D eigenvalue weighted by Crippen LogP contribution is -2.28. The molecule has 2 rings (SSSR count). The smallest absolute Gasteiger partial charge is 0.147 e. The number of rotatable bonds is 5. The SMILES string of the molecule is COCC(Br)CN(C)c1cnc2ccccc2n1. The molecule has 0 amide bonds. The van der Waals surface area contributed by atoms with Crippen molar-refractivity contribution in [2.24, 2.45) is 0 Å². The zero-order chi connectivity index (χ0) is 13.0. The van der Waals surface area contributed by atoms with Gasteiger partial charge in [0.2, 0.25) is 0 Å². The Kier molecular flexibility index (Phi) is 4.49. The number of aromatic nitrogens is 2. The average molecular weight is 310 g/mol. The number of hydrogen-bond acceptors (Lipinski definition) is 4. The second-order valence-electron chi connectivity index (χ2n) is 4.15. The molecule has 0 radical (unpaired) electrons. The number of nitrogens with zero attached hydrogens (tertiary/aromatic N) is 3. The van der Waals surface area contributed by atoms with Gasteiger partial charge in [-0.05, 0) is 12.1 Å². The van der Waals surface area contributed by atoms with E-state index in [-0.39, 0.29) is 4.83 Å². The molecule has 1 heterocycles. The zero-order valence-corrected chi connectivity index (χ0v) is 12.1. The first kappa shape index (κ1) is 13.2. The monoisotopic (exact) mass is 309 g/mol. The highest BCUT2D eigenvalue weighted by Gasteiger charge is 2.10. The fraction of sp³-hybridized carbons (Fsp3) is 0.385. The number of hydrogen-bond donors (Lipinski definition) is 0. The Hall–Kier alpha value is -1.20. The van der Waals surface area contributed by atoms with Crippen molar-refractivity contribution in [1.29, 1.82) is 0 Å². The Labute approximate surface area is 115 Å². The number of para-hydroxylation sites is 2. The predicted molar refractivity (Wildman–Crippen MR) is 77.4 cm³/mol. The summed E-state index contributed by atoms with van der Waals surface area (Å²) in [5.41, 5.74) is 1.83. The molecule has 2 aromatic rings. The van der Waals surface area contributed by atoms with Crippen LogP contribution in [0.25, 0.3) is 11.0 Å². The third-order valence-corrected chi connectivity index (χ3v) is 3.20. The van der Waals surface area contributed by atoms with Gasteiger partial charge in [0.15, 0.2) is 0 Å². The van der Waals surface area contributed by atoms with Crippen molar-refractivity contribution in [3.8, 4) is 0 Å². The molecule has 5 heteroatoms. The van der Waals surface area contributed by atoms with E-state index in [1.807, 2.05) is 31.3 Å². The Morgan fingerprint density at radius 3 is 2.78 bits per heavy atom. The first-order chi connectivity index (χ1) is 8.70. The molecule has 1 aromatic heterocycles. The van der Waals surface area contributed by atoms with Crippen LogP contribution >= 0.6 is 15.9 Å². The van der Waals surface area contributed by atoms with Crippen LogP contribution in [0, 0.1) is 0 Å². The van der Waals surface area contributed by atoms with Crippen LogP contribution in [-0.2, 0) is 4.74 Å². The Bertz CT molecular complexity index is 520. The summed E-state index contributed by atoms with van der Waals surface area (Å²) in [6.45, 7) is 1.49. The lowest BCUT2D eigenvalue weighted by atomic mass is 10.3. The van der Waals surface area contributed by atoms with E-state index < -0.39 is 0 Å². The molecule has 4 nitrogen and oxygen atoms in total. The molecule has 0 bridgehead atoms. The van der Waals surface area contributed by atoms with Gasteiger partial charge in [0.05, 0.1) is 28.7 Å². The standard InChI is InChI=1S/C13H16BrN3O/c1-17(8-10(14)9-18-2)13-7-15-11-5-3-4-6-12(11)16-13/h3-7,10H,8-9H2,1-2H3. The van der Waals surface area contributed by atoms with E-state index in [4.69, 9.17) is 4.74 Å². The number of ether oxygens (including phenoxy) is 1. The maximum atomic E-state index is 5.10. The summed E-state index contributed by atoms with van der Waals surface area (Å²) in [6, 6.07) is 7.87. The number of fused-ring (bicyclic) bond motifs is 1. The molecule has 0 spiro atoms. The van der Waals surface area contributed by atoms with Gasteiger partial charge in [0.1, 0.15) is 5.82 Å². The number of halogens is 1. The van der Waals surface area contributed by atoms with Gasteiger partial charge in [-0.3, -0.25) is 4.98 Å². The fourth-order valence-electron chi connectivity index (χ4n) is 1.76. The molecule has 96 valence electrons. The van der Waals surface area contributed by atoms with Crippen LogP contribution in [0.4, 0.5) is 5.82 Å². The average Bonchev–Trinajstić information content (AvgIpc) is 2.38. The minimum Gasteiger partial charge on any atom is -0.383 e. The minimum atomic E-state index is 0.278. The van der Waals surface area contributed by atoms with Crippen LogP contribution < -0.4 is 4.90 Å². The summed E-state index contributed by atoms with van der Waals surface area (Å²) in [6.07, 6.45) is 1.80.